The minimum atomic E-state index is 0.160. The van der Waals surface area contributed by atoms with Gasteiger partial charge < -0.3 is 4.74 Å². The third-order valence-electron chi connectivity index (χ3n) is 2.29. The van der Waals surface area contributed by atoms with Crippen LogP contribution in [0.1, 0.15) is 17.0 Å². The molecule has 0 amide bonds. The van der Waals surface area contributed by atoms with E-state index in [0.29, 0.717) is 16.5 Å². The van der Waals surface area contributed by atoms with Crippen molar-refractivity contribution in [1.82, 2.24) is 9.97 Å². The van der Waals surface area contributed by atoms with Crippen LogP contribution in [0.2, 0.25) is 5.02 Å². The topological polar surface area (TPSA) is 58.8 Å². The summed E-state index contributed by atoms with van der Waals surface area (Å²) >= 11 is 5.93. The smallest absolute Gasteiger partial charge is 0.323 e. The number of rotatable bonds is 2. The van der Waals surface area contributed by atoms with E-state index >= 15 is 0 Å². The van der Waals surface area contributed by atoms with Gasteiger partial charge >= 0.3 is 6.01 Å². The van der Waals surface area contributed by atoms with Gasteiger partial charge in [-0.1, -0.05) is 11.6 Å². The highest BCUT2D eigenvalue weighted by Gasteiger charge is 2.05. The molecule has 0 N–H and O–H groups in total. The van der Waals surface area contributed by atoms with Crippen LogP contribution < -0.4 is 4.74 Å². The van der Waals surface area contributed by atoms with Crippen molar-refractivity contribution in [3.8, 4) is 17.8 Å². The molecule has 0 saturated heterocycles. The van der Waals surface area contributed by atoms with Crippen LogP contribution in [0.4, 0.5) is 0 Å². The van der Waals surface area contributed by atoms with Gasteiger partial charge in [0, 0.05) is 10.7 Å². The van der Waals surface area contributed by atoms with E-state index in [9.17, 15) is 0 Å². The number of nitrogens with zero attached hydrogens (tertiary/aromatic N) is 3. The van der Waals surface area contributed by atoms with E-state index in [-0.39, 0.29) is 11.7 Å². The summed E-state index contributed by atoms with van der Waals surface area (Å²) < 4.78 is 5.51. The lowest BCUT2D eigenvalue weighted by Gasteiger charge is -2.06. The number of ether oxygens (including phenoxy) is 1. The van der Waals surface area contributed by atoms with Crippen molar-refractivity contribution in [1.29, 1.82) is 5.26 Å². The molecule has 4 nitrogen and oxygen atoms in total. The molecule has 18 heavy (non-hydrogen) atoms. The number of hydrogen-bond acceptors (Lipinski definition) is 4. The number of hydrogen-bond donors (Lipinski definition) is 0. The third kappa shape index (κ3) is 2.76. The minimum absolute atomic E-state index is 0.160. The number of benzene rings is 1. The monoisotopic (exact) mass is 259 g/mol. The van der Waals surface area contributed by atoms with E-state index in [1.54, 1.807) is 31.2 Å². The van der Waals surface area contributed by atoms with Gasteiger partial charge in [-0.05, 0) is 43.7 Å². The van der Waals surface area contributed by atoms with Crippen LogP contribution in [-0.4, -0.2) is 9.97 Å². The molecule has 1 aromatic carbocycles. The Balaban J connectivity index is 2.31. The first-order chi connectivity index (χ1) is 8.58. The number of aryl methyl sites for hydroxylation is 2. The van der Waals surface area contributed by atoms with Crippen molar-refractivity contribution in [3.05, 3.63) is 46.2 Å². The first kappa shape index (κ1) is 12.3. The number of halogens is 1. The Morgan fingerprint density at radius 2 is 2.00 bits per heavy atom. The number of nitriles is 1. The lowest BCUT2D eigenvalue weighted by Crippen LogP contribution is -1.96. The second-order valence-corrected chi connectivity index (χ2v) is 4.21. The molecule has 1 heterocycles. The standard InChI is InChI=1S/C13H10ClN3O/c1-8-5-11(3-4-12(8)14)18-13-16-9(2)6-10(7-15)17-13/h3-6H,1-2H3. The highest BCUT2D eigenvalue weighted by molar-refractivity contribution is 6.31. The van der Waals surface area contributed by atoms with Crippen LogP contribution in [0.15, 0.2) is 24.3 Å². The first-order valence-corrected chi connectivity index (χ1v) is 5.66. The fraction of sp³-hybridized carbons (Fsp3) is 0.154. The summed E-state index contributed by atoms with van der Waals surface area (Å²) in [6.45, 7) is 3.66. The lowest BCUT2D eigenvalue weighted by atomic mass is 10.2. The number of aromatic nitrogens is 2. The second kappa shape index (κ2) is 5.03. The van der Waals surface area contributed by atoms with Gasteiger partial charge in [-0.25, -0.2) is 4.98 Å². The Hall–Kier alpha value is -2.12. The molecule has 0 fully saturated rings. The predicted octanol–water partition coefficient (Wildman–Crippen LogP) is 3.41. The molecule has 2 aromatic rings. The SMILES string of the molecule is Cc1cc(C#N)nc(Oc2ccc(Cl)c(C)c2)n1. The van der Waals surface area contributed by atoms with E-state index in [0.717, 1.165) is 5.56 Å². The molecule has 0 atom stereocenters. The van der Waals surface area contributed by atoms with Gasteiger partial charge in [0.15, 0.2) is 0 Å². The van der Waals surface area contributed by atoms with Crippen molar-refractivity contribution in [2.45, 2.75) is 13.8 Å². The molecule has 1 aromatic heterocycles. The second-order valence-electron chi connectivity index (χ2n) is 3.80. The summed E-state index contributed by atoms with van der Waals surface area (Å²) in [5.74, 6) is 0.589. The molecule has 0 aliphatic carbocycles. The summed E-state index contributed by atoms with van der Waals surface area (Å²) in [7, 11) is 0. The molecule has 0 bridgehead atoms. The summed E-state index contributed by atoms with van der Waals surface area (Å²) in [5.41, 5.74) is 1.87. The van der Waals surface area contributed by atoms with Gasteiger partial charge in [0.2, 0.25) is 0 Å². The Labute approximate surface area is 110 Å². The van der Waals surface area contributed by atoms with Crippen molar-refractivity contribution in [2.24, 2.45) is 0 Å². The fourth-order valence-electron chi connectivity index (χ4n) is 1.43. The van der Waals surface area contributed by atoms with Crippen LogP contribution in [0, 0.1) is 25.2 Å². The largest absolute Gasteiger partial charge is 0.424 e. The summed E-state index contributed by atoms with van der Waals surface area (Å²) in [6, 6.07) is 8.98. The highest BCUT2D eigenvalue weighted by Crippen LogP contribution is 2.24. The van der Waals surface area contributed by atoms with Crippen LogP contribution in [0.5, 0.6) is 11.8 Å². The maximum absolute atomic E-state index is 8.82. The molecule has 0 unspecified atom stereocenters. The Bertz CT molecular complexity index is 635. The molecule has 0 saturated carbocycles. The molecule has 0 spiro atoms. The van der Waals surface area contributed by atoms with Gasteiger partial charge in [-0.15, -0.1) is 0 Å². The van der Waals surface area contributed by atoms with E-state index in [4.69, 9.17) is 21.6 Å². The highest BCUT2D eigenvalue weighted by atomic mass is 35.5. The van der Waals surface area contributed by atoms with Crippen molar-refractivity contribution in [3.63, 3.8) is 0 Å². The van der Waals surface area contributed by atoms with Gasteiger partial charge in [0.25, 0.3) is 0 Å². The Morgan fingerprint density at radius 3 is 2.67 bits per heavy atom. The van der Waals surface area contributed by atoms with Crippen LogP contribution in [-0.2, 0) is 0 Å². The summed E-state index contributed by atoms with van der Waals surface area (Å²) in [4.78, 5) is 8.08. The average molecular weight is 260 g/mol. The van der Waals surface area contributed by atoms with Crippen LogP contribution >= 0.6 is 11.6 Å². The van der Waals surface area contributed by atoms with Crippen molar-refractivity contribution >= 4 is 11.6 Å². The molecule has 0 aliphatic rings. The van der Waals surface area contributed by atoms with Crippen molar-refractivity contribution in [2.75, 3.05) is 0 Å². The molecule has 90 valence electrons. The van der Waals surface area contributed by atoms with Crippen LogP contribution in [0.3, 0.4) is 0 Å². The van der Waals surface area contributed by atoms with E-state index in [1.165, 1.54) is 0 Å². The van der Waals surface area contributed by atoms with Gasteiger partial charge in [-0.2, -0.15) is 10.2 Å². The summed E-state index contributed by atoms with van der Waals surface area (Å²) in [5, 5.41) is 9.49. The maximum atomic E-state index is 8.82. The van der Waals surface area contributed by atoms with Gasteiger partial charge in [-0.3, -0.25) is 0 Å². The molecule has 0 aliphatic heterocycles. The molecular formula is C13H10ClN3O. The average Bonchev–Trinajstić information content (AvgIpc) is 2.33. The predicted molar refractivity (Wildman–Crippen MR) is 67.7 cm³/mol. The van der Waals surface area contributed by atoms with Gasteiger partial charge in [0.1, 0.15) is 17.5 Å². The zero-order valence-electron chi connectivity index (χ0n) is 9.94. The van der Waals surface area contributed by atoms with E-state index in [2.05, 4.69) is 9.97 Å². The van der Waals surface area contributed by atoms with Crippen molar-refractivity contribution < 1.29 is 4.74 Å². The third-order valence-corrected chi connectivity index (χ3v) is 2.71. The van der Waals surface area contributed by atoms with E-state index < -0.39 is 0 Å². The van der Waals surface area contributed by atoms with E-state index in [1.807, 2.05) is 13.0 Å². The fourth-order valence-corrected chi connectivity index (χ4v) is 1.55. The molecule has 5 heteroatoms. The maximum Gasteiger partial charge on any atom is 0.323 e. The lowest BCUT2D eigenvalue weighted by molar-refractivity contribution is 0.439. The first-order valence-electron chi connectivity index (χ1n) is 5.28. The Kier molecular flexibility index (Phi) is 3.45. The zero-order valence-corrected chi connectivity index (χ0v) is 10.7. The van der Waals surface area contributed by atoms with Crippen LogP contribution in [0.25, 0.3) is 0 Å². The Morgan fingerprint density at radius 1 is 1.22 bits per heavy atom. The molecular weight excluding hydrogens is 250 g/mol. The molecule has 2 rings (SSSR count). The quantitative estimate of drug-likeness (QED) is 0.829. The zero-order chi connectivity index (χ0) is 13.1. The van der Waals surface area contributed by atoms with Gasteiger partial charge in [0.05, 0.1) is 0 Å². The minimum Gasteiger partial charge on any atom is -0.424 e. The summed E-state index contributed by atoms with van der Waals surface area (Å²) in [6.07, 6.45) is 0. The normalized spacial score (nSPS) is 9.89. The molecule has 0 radical (unpaired) electrons.